The Hall–Kier alpha value is -1.55. The van der Waals surface area contributed by atoms with Gasteiger partial charge in [0.2, 0.25) is 0 Å². The van der Waals surface area contributed by atoms with Crippen molar-refractivity contribution >= 4 is 0 Å². The van der Waals surface area contributed by atoms with Crippen molar-refractivity contribution < 1.29 is 8.83 Å². The average molecular weight is 260 g/mol. The molecule has 0 aromatic carbocycles. The topological polar surface area (TPSA) is 51.2 Å². The van der Waals surface area contributed by atoms with E-state index >= 15 is 0 Å². The highest BCUT2D eigenvalue weighted by molar-refractivity contribution is 5.64. The molecule has 2 aromatic rings. The number of nitrogens with one attached hydrogen (secondary N) is 1. The van der Waals surface area contributed by atoms with Crippen LogP contribution in [0.4, 0.5) is 0 Å². The van der Waals surface area contributed by atoms with Crippen LogP contribution in [0.1, 0.15) is 35.8 Å². The summed E-state index contributed by atoms with van der Waals surface area (Å²) in [5, 5.41) is 3.46. The van der Waals surface area contributed by atoms with E-state index in [9.17, 15) is 0 Å². The van der Waals surface area contributed by atoms with E-state index in [0.29, 0.717) is 0 Å². The van der Waals surface area contributed by atoms with Gasteiger partial charge in [0, 0.05) is 24.6 Å². The summed E-state index contributed by atoms with van der Waals surface area (Å²) < 4.78 is 11.5. The van der Waals surface area contributed by atoms with Gasteiger partial charge in [-0.25, -0.2) is 4.98 Å². The number of rotatable bonds is 5. The number of oxazole rings is 1. The molecule has 0 spiro atoms. The van der Waals surface area contributed by atoms with E-state index in [1.807, 2.05) is 13.8 Å². The van der Waals surface area contributed by atoms with E-state index in [4.69, 9.17) is 8.83 Å². The van der Waals surface area contributed by atoms with Crippen molar-refractivity contribution in [2.45, 2.75) is 46.1 Å². The molecule has 0 radical (unpaired) electrons. The maximum absolute atomic E-state index is 5.84. The van der Waals surface area contributed by atoms with Gasteiger partial charge in [-0.05, 0) is 33.6 Å². The lowest BCUT2D eigenvalue weighted by Gasteiger charge is -1.99. The molecule has 4 heteroatoms. The van der Waals surface area contributed by atoms with E-state index in [1.54, 1.807) is 6.20 Å². The first-order chi connectivity index (χ1) is 9.15. The fourth-order valence-corrected chi connectivity index (χ4v) is 2.37. The Labute approximate surface area is 113 Å². The maximum Gasteiger partial charge on any atom is 0.196 e. The molecule has 2 aromatic heterocycles. The molecule has 1 saturated carbocycles. The van der Waals surface area contributed by atoms with Gasteiger partial charge in [-0.15, -0.1) is 0 Å². The molecule has 1 aliphatic rings. The third-order valence-corrected chi connectivity index (χ3v) is 3.71. The van der Waals surface area contributed by atoms with Crippen LogP contribution in [-0.4, -0.2) is 17.6 Å². The Morgan fingerprint density at radius 1 is 1.21 bits per heavy atom. The number of nitrogens with zero attached hydrogens (tertiary/aromatic N) is 1. The number of aryl methyl sites for hydroxylation is 2. The van der Waals surface area contributed by atoms with Crippen molar-refractivity contribution in [2.75, 3.05) is 6.54 Å². The Balaban J connectivity index is 1.72. The Morgan fingerprint density at radius 3 is 2.63 bits per heavy atom. The van der Waals surface area contributed by atoms with Gasteiger partial charge in [0.25, 0.3) is 0 Å². The molecule has 0 unspecified atom stereocenters. The first kappa shape index (κ1) is 12.5. The zero-order valence-corrected chi connectivity index (χ0v) is 11.7. The van der Waals surface area contributed by atoms with Crippen LogP contribution in [0.5, 0.6) is 0 Å². The van der Waals surface area contributed by atoms with Crippen molar-refractivity contribution in [2.24, 2.45) is 0 Å². The molecule has 19 heavy (non-hydrogen) atoms. The summed E-state index contributed by atoms with van der Waals surface area (Å²) in [6.07, 6.45) is 5.26. The van der Waals surface area contributed by atoms with E-state index in [2.05, 4.69) is 17.2 Å². The summed E-state index contributed by atoms with van der Waals surface area (Å²) in [7, 11) is 0. The zero-order valence-electron chi connectivity index (χ0n) is 11.7. The average Bonchev–Trinajstić information content (AvgIpc) is 3.01. The van der Waals surface area contributed by atoms with Crippen LogP contribution in [0, 0.1) is 20.8 Å². The van der Waals surface area contributed by atoms with Gasteiger partial charge in [0.1, 0.15) is 11.5 Å². The molecule has 0 saturated heterocycles. The number of furan rings is 1. The molecule has 1 N–H and O–H groups in total. The monoisotopic (exact) mass is 260 g/mol. The summed E-state index contributed by atoms with van der Waals surface area (Å²) in [5.74, 6) is 3.45. The number of hydrogen-bond donors (Lipinski definition) is 1. The molecular formula is C15H20N2O2. The first-order valence-electron chi connectivity index (χ1n) is 6.90. The van der Waals surface area contributed by atoms with E-state index in [-0.39, 0.29) is 0 Å². The molecule has 2 heterocycles. The zero-order chi connectivity index (χ0) is 13.4. The Morgan fingerprint density at radius 2 is 2.00 bits per heavy atom. The van der Waals surface area contributed by atoms with Crippen molar-refractivity contribution in [3.8, 4) is 11.3 Å². The maximum atomic E-state index is 5.84. The summed E-state index contributed by atoms with van der Waals surface area (Å²) in [6.45, 7) is 6.93. The van der Waals surface area contributed by atoms with Gasteiger partial charge in [0.05, 0.1) is 11.8 Å². The molecule has 1 fully saturated rings. The minimum atomic E-state index is 0.732. The lowest BCUT2D eigenvalue weighted by Crippen LogP contribution is -2.19. The summed E-state index contributed by atoms with van der Waals surface area (Å²) in [5.41, 5.74) is 2.18. The quantitative estimate of drug-likeness (QED) is 0.897. The van der Waals surface area contributed by atoms with Crippen molar-refractivity contribution in [3.63, 3.8) is 0 Å². The van der Waals surface area contributed by atoms with Crippen LogP contribution in [-0.2, 0) is 6.42 Å². The summed E-state index contributed by atoms with van der Waals surface area (Å²) in [6, 6.07) is 0.732. The molecule has 0 amide bonds. The third-order valence-electron chi connectivity index (χ3n) is 3.71. The molecule has 102 valence electrons. The Bertz CT molecular complexity index is 579. The molecule has 0 aliphatic heterocycles. The lowest BCUT2D eigenvalue weighted by molar-refractivity contribution is 0.487. The smallest absolute Gasteiger partial charge is 0.196 e. The first-order valence-corrected chi connectivity index (χ1v) is 6.90. The van der Waals surface area contributed by atoms with Crippen LogP contribution in [0.15, 0.2) is 15.0 Å². The van der Waals surface area contributed by atoms with Crippen LogP contribution in [0.2, 0.25) is 0 Å². The largest absolute Gasteiger partial charge is 0.466 e. The fourth-order valence-electron chi connectivity index (χ4n) is 2.37. The lowest BCUT2D eigenvalue weighted by atomic mass is 10.1. The predicted octanol–water partition coefficient (Wildman–Crippen LogP) is 3.15. The molecule has 1 aliphatic carbocycles. The van der Waals surface area contributed by atoms with Crippen LogP contribution >= 0.6 is 0 Å². The second kappa shape index (κ2) is 4.85. The van der Waals surface area contributed by atoms with Gasteiger partial charge in [-0.1, -0.05) is 0 Å². The third kappa shape index (κ3) is 2.59. The molecule has 4 nitrogen and oxygen atoms in total. The normalized spacial score (nSPS) is 15.1. The van der Waals surface area contributed by atoms with E-state index < -0.39 is 0 Å². The predicted molar refractivity (Wildman–Crippen MR) is 73.1 cm³/mol. The second-order valence-corrected chi connectivity index (χ2v) is 5.31. The summed E-state index contributed by atoms with van der Waals surface area (Å²) in [4.78, 5) is 4.35. The van der Waals surface area contributed by atoms with Crippen molar-refractivity contribution in [3.05, 3.63) is 29.2 Å². The number of aromatic nitrogens is 1. The van der Waals surface area contributed by atoms with Gasteiger partial charge in [0.15, 0.2) is 11.7 Å². The molecule has 0 atom stereocenters. The number of hydrogen-bond acceptors (Lipinski definition) is 4. The highest BCUT2D eigenvalue weighted by Gasteiger charge is 2.20. The van der Waals surface area contributed by atoms with E-state index in [1.165, 1.54) is 12.8 Å². The van der Waals surface area contributed by atoms with Gasteiger partial charge >= 0.3 is 0 Å². The highest BCUT2D eigenvalue weighted by Crippen LogP contribution is 2.31. The Kier molecular flexibility index (Phi) is 3.19. The molecule has 3 rings (SSSR count). The van der Waals surface area contributed by atoms with Gasteiger partial charge in [-0.2, -0.15) is 0 Å². The van der Waals surface area contributed by atoms with E-state index in [0.717, 1.165) is 53.3 Å². The minimum Gasteiger partial charge on any atom is -0.466 e. The second-order valence-electron chi connectivity index (χ2n) is 5.31. The fraction of sp³-hybridized carbons (Fsp3) is 0.533. The minimum absolute atomic E-state index is 0.732. The van der Waals surface area contributed by atoms with Crippen molar-refractivity contribution in [1.82, 2.24) is 10.3 Å². The van der Waals surface area contributed by atoms with Crippen LogP contribution in [0.25, 0.3) is 11.3 Å². The van der Waals surface area contributed by atoms with Crippen LogP contribution in [0.3, 0.4) is 0 Å². The molecular weight excluding hydrogens is 240 g/mol. The van der Waals surface area contributed by atoms with Crippen LogP contribution < -0.4 is 5.32 Å². The SMILES string of the molecule is Cc1oc(C)c(-c2cnc(CCNC3CC3)o2)c1C. The van der Waals surface area contributed by atoms with Gasteiger partial charge in [-0.3, -0.25) is 0 Å². The standard InChI is InChI=1S/C15H20N2O2/c1-9-10(2)18-11(3)15(9)13-8-17-14(19-13)6-7-16-12-4-5-12/h8,12,16H,4-7H2,1-3H3. The van der Waals surface area contributed by atoms with Gasteiger partial charge < -0.3 is 14.2 Å². The highest BCUT2D eigenvalue weighted by atomic mass is 16.4. The summed E-state index contributed by atoms with van der Waals surface area (Å²) >= 11 is 0. The van der Waals surface area contributed by atoms with Crippen molar-refractivity contribution in [1.29, 1.82) is 0 Å². The molecule has 0 bridgehead atoms.